The quantitative estimate of drug-likeness (QED) is 0.715. The molecule has 1 saturated carbocycles. The summed E-state index contributed by atoms with van der Waals surface area (Å²) in [6.07, 6.45) is 3.07. The molecule has 7 heteroatoms. The molecule has 2 aliphatic heterocycles. The molecule has 0 amide bonds. The molecule has 1 spiro atoms. The van der Waals surface area contributed by atoms with Crippen molar-refractivity contribution in [2.45, 2.75) is 67.9 Å². The number of phenols is 1. The summed E-state index contributed by atoms with van der Waals surface area (Å²) in [4.78, 5) is 13.9. The number of benzene rings is 1. The molecule has 2 heterocycles. The van der Waals surface area contributed by atoms with Crippen LogP contribution >= 0.6 is 0 Å². The molecule has 1 aromatic carbocycles. The van der Waals surface area contributed by atoms with Crippen LogP contribution in [0.15, 0.2) is 12.1 Å². The van der Waals surface area contributed by atoms with Crippen LogP contribution < -0.4 is 10.1 Å². The van der Waals surface area contributed by atoms with E-state index in [1.165, 1.54) is 5.56 Å². The first-order chi connectivity index (χ1) is 13.4. The summed E-state index contributed by atoms with van der Waals surface area (Å²) in [5, 5.41) is 23.3. The summed E-state index contributed by atoms with van der Waals surface area (Å²) in [5.74, 6) is -0.136. The molecule has 1 saturated heterocycles. The zero-order chi connectivity index (χ0) is 19.8. The number of rotatable bonds is 4. The Bertz CT molecular complexity index is 844. The number of nitrogens with one attached hydrogen (secondary N) is 1. The zero-order valence-electron chi connectivity index (χ0n) is 16.6. The van der Waals surface area contributed by atoms with Gasteiger partial charge in [-0.25, -0.2) is 0 Å². The number of piperidine rings is 1. The number of nitrogens with zero attached hydrogens (tertiary/aromatic N) is 1. The van der Waals surface area contributed by atoms with E-state index in [1.807, 2.05) is 6.07 Å². The van der Waals surface area contributed by atoms with Crippen molar-refractivity contribution >= 4 is 5.97 Å². The Kier molecular flexibility index (Phi) is 3.80. The average molecular weight is 388 g/mol. The highest BCUT2D eigenvalue weighted by Crippen LogP contribution is 2.66. The number of aliphatic carboxylic acids is 1. The molecule has 2 bridgehead atoms. The molecule has 2 aliphatic carbocycles. The molecule has 0 aromatic heterocycles. The maximum atomic E-state index is 11.5. The normalized spacial score (nSPS) is 39.2. The lowest BCUT2D eigenvalue weighted by atomic mass is 9.48. The summed E-state index contributed by atoms with van der Waals surface area (Å²) >= 11 is 0. The third kappa shape index (κ3) is 1.97. The molecule has 7 nitrogen and oxygen atoms in total. The zero-order valence-corrected chi connectivity index (χ0v) is 16.6. The molecule has 6 atom stereocenters. The average Bonchev–Trinajstić information content (AvgIpc) is 3.03. The fraction of sp³-hybridized carbons (Fsp3) is 0.667. The van der Waals surface area contributed by atoms with Crippen molar-refractivity contribution in [1.29, 1.82) is 0 Å². The summed E-state index contributed by atoms with van der Waals surface area (Å²) in [6, 6.07) is 3.20. The standard InChI is InChI=1S/C21H28N2O5/c1-11(19(25)26)22-13-6-7-21(27-3)15-10-12-4-5-14(24)17-16(12)20(21,18(13)28-17)8-9-23(15)2/h4-5,11,13,15,18,22,24H,6-10H2,1-3H3,(H,25,26)/t11-,13+,15+,18+,20-,21?/m0/s1. The van der Waals surface area contributed by atoms with Gasteiger partial charge in [0, 0.05) is 24.8 Å². The fourth-order valence-electron chi connectivity index (χ4n) is 6.70. The largest absolute Gasteiger partial charge is 0.504 e. The second-order valence-corrected chi connectivity index (χ2v) is 8.87. The smallest absolute Gasteiger partial charge is 0.320 e. The number of likely N-dealkylation sites (tertiary alicyclic amines) is 1. The van der Waals surface area contributed by atoms with Crippen molar-refractivity contribution < 1.29 is 24.5 Å². The third-order valence-corrected chi connectivity index (χ3v) is 7.89. The van der Waals surface area contributed by atoms with Gasteiger partial charge >= 0.3 is 5.97 Å². The van der Waals surface area contributed by atoms with Crippen molar-refractivity contribution in [1.82, 2.24) is 10.2 Å². The van der Waals surface area contributed by atoms with Gasteiger partial charge in [-0.3, -0.25) is 10.1 Å². The molecule has 1 unspecified atom stereocenters. The van der Waals surface area contributed by atoms with Crippen molar-refractivity contribution in [2.24, 2.45) is 0 Å². The molecule has 1 aromatic rings. The predicted octanol–water partition coefficient (Wildman–Crippen LogP) is 1.26. The van der Waals surface area contributed by atoms with Crippen molar-refractivity contribution in [2.75, 3.05) is 20.7 Å². The van der Waals surface area contributed by atoms with Gasteiger partial charge in [0.2, 0.25) is 0 Å². The third-order valence-electron chi connectivity index (χ3n) is 7.89. The Morgan fingerprint density at radius 1 is 1.43 bits per heavy atom. The van der Waals surface area contributed by atoms with Crippen molar-refractivity contribution in [3.8, 4) is 11.5 Å². The summed E-state index contributed by atoms with van der Waals surface area (Å²) in [6.45, 7) is 2.59. The van der Waals surface area contributed by atoms with Gasteiger partial charge in [-0.15, -0.1) is 0 Å². The van der Waals surface area contributed by atoms with E-state index in [2.05, 4.69) is 17.3 Å². The molecular weight excluding hydrogens is 360 g/mol. The van der Waals surface area contributed by atoms with Crippen LogP contribution in [0.4, 0.5) is 0 Å². The molecule has 5 rings (SSSR count). The summed E-state index contributed by atoms with van der Waals surface area (Å²) in [7, 11) is 3.96. The minimum atomic E-state index is -0.870. The Hall–Kier alpha value is -1.83. The van der Waals surface area contributed by atoms with Gasteiger partial charge < -0.3 is 24.6 Å². The molecule has 28 heavy (non-hydrogen) atoms. The monoisotopic (exact) mass is 388 g/mol. The topological polar surface area (TPSA) is 91.3 Å². The second-order valence-electron chi connectivity index (χ2n) is 8.87. The Morgan fingerprint density at radius 2 is 2.21 bits per heavy atom. The Balaban J connectivity index is 1.70. The van der Waals surface area contributed by atoms with Gasteiger partial charge in [-0.1, -0.05) is 6.07 Å². The number of carbonyl (C=O) groups is 1. The van der Waals surface area contributed by atoms with Crippen molar-refractivity contribution in [3.63, 3.8) is 0 Å². The van der Waals surface area contributed by atoms with Gasteiger partial charge in [-0.2, -0.15) is 0 Å². The number of methoxy groups -OCH3 is 1. The summed E-state index contributed by atoms with van der Waals surface area (Å²) in [5.41, 5.74) is 1.53. The first-order valence-corrected chi connectivity index (χ1v) is 10.1. The number of hydrogen-bond donors (Lipinski definition) is 3. The van der Waals surface area contributed by atoms with Crippen LogP contribution in [0.2, 0.25) is 0 Å². The highest BCUT2D eigenvalue weighted by molar-refractivity contribution is 5.73. The summed E-state index contributed by atoms with van der Waals surface area (Å²) < 4.78 is 12.8. The highest BCUT2D eigenvalue weighted by atomic mass is 16.5. The number of hydrogen-bond acceptors (Lipinski definition) is 6. The van der Waals surface area contributed by atoms with Crippen LogP contribution in [-0.4, -0.2) is 71.6 Å². The number of ether oxygens (including phenoxy) is 2. The highest BCUT2D eigenvalue weighted by Gasteiger charge is 2.73. The Morgan fingerprint density at radius 3 is 2.93 bits per heavy atom. The van der Waals surface area contributed by atoms with E-state index >= 15 is 0 Å². The number of likely N-dealkylation sites (N-methyl/N-ethyl adjacent to an activating group) is 1. The van der Waals surface area contributed by atoms with Gasteiger partial charge in [0.05, 0.1) is 11.0 Å². The Labute approximate surface area is 164 Å². The molecule has 0 radical (unpaired) electrons. The van der Waals surface area contributed by atoms with Gasteiger partial charge in [-0.05, 0) is 57.8 Å². The first kappa shape index (κ1) is 18.2. The van der Waals surface area contributed by atoms with Gasteiger partial charge in [0.25, 0.3) is 0 Å². The fourth-order valence-corrected chi connectivity index (χ4v) is 6.70. The molecule has 3 N–H and O–H groups in total. The van der Waals surface area contributed by atoms with Crippen LogP contribution in [0, 0.1) is 0 Å². The lowest BCUT2D eigenvalue weighted by Gasteiger charge is -2.65. The minimum absolute atomic E-state index is 0.115. The van der Waals surface area contributed by atoms with E-state index in [9.17, 15) is 15.0 Å². The predicted molar refractivity (Wildman–Crippen MR) is 102 cm³/mol. The lowest BCUT2D eigenvalue weighted by molar-refractivity contribution is -0.204. The van der Waals surface area contributed by atoms with Crippen molar-refractivity contribution in [3.05, 3.63) is 23.3 Å². The maximum Gasteiger partial charge on any atom is 0.320 e. The molecular formula is C21H28N2O5. The van der Waals surface area contributed by atoms with E-state index in [1.54, 1.807) is 20.1 Å². The van der Waals surface area contributed by atoms with E-state index in [4.69, 9.17) is 9.47 Å². The van der Waals surface area contributed by atoms with Crippen LogP contribution in [0.25, 0.3) is 0 Å². The molecule has 4 aliphatic rings. The van der Waals surface area contributed by atoms with E-state index in [-0.39, 0.29) is 29.4 Å². The lowest BCUT2D eigenvalue weighted by Crippen LogP contribution is -2.78. The number of carboxylic acids is 1. The maximum absolute atomic E-state index is 11.5. The van der Waals surface area contributed by atoms with E-state index in [0.29, 0.717) is 5.75 Å². The van der Waals surface area contributed by atoms with Gasteiger partial charge in [0.15, 0.2) is 11.5 Å². The van der Waals surface area contributed by atoms with Crippen LogP contribution in [0.5, 0.6) is 11.5 Å². The SMILES string of the molecule is COC12CC[C@@H](N[C@@H](C)C(=O)O)[C@H]3Oc4c(O)ccc5c4[C@@]31CCN(C)[C@@H]2C5. The van der Waals surface area contributed by atoms with Crippen LogP contribution in [0.1, 0.15) is 37.3 Å². The molecule has 152 valence electrons. The van der Waals surface area contributed by atoms with E-state index < -0.39 is 17.6 Å². The number of carboxylic acid groups (broad SMARTS) is 1. The van der Waals surface area contributed by atoms with Crippen LogP contribution in [-0.2, 0) is 21.4 Å². The molecule has 2 fully saturated rings. The first-order valence-electron chi connectivity index (χ1n) is 10.1. The second kappa shape index (κ2) is 5.84. The van der Waals surface area contributed by atoms with Crippen LogP contribution in [0.3, 0.4) is 0 Å². The number of aromatic hydroxyl groups is 1. The van der Waals surface area contributed by atoms with E-state index in [0.717, 1.165) is 37.8 Å². The van der Waals surface area contributed by atoms with Gasteiger partial charge in [0.1, 0.15) is 12.1 Å². The number of phenolic OH excluding ortho intramolecular Hbond substituents is 1. The minimum Gasteiger partial charge on any atom is -0.504 e.